The molecule has 0 unspecified atom stereocenters. The van der Waals surface area contributed by atoms with Gasteiger partial charge in [-0.05, 0) is 41.5 Å². The third-order valence-electron chi connectivity index (χ3n) is 5.30. The lowest BCUT2D eigenvalue weighted by Crippen LogP contribution is -2.23. The van der Waals surface area contributed by atoms with Crippen LogP contribution >= 0.6 is 0 Å². The second kappa shape index (κ2) is 6.48. The van der Waals surface area contributed by atoms with Crippen LogP contribution in [-0.4, -0.2) is 42.0 Å². The molecule has 3 aromatic rings. The average Bonchev–Trinajstić information content (AvgIpc) is 2.70. The van der Waals surface area contributed by atoms with Crippen LogP contribution in [0.2, 0.25) is 0 Å². The quantitative estimate of drug-likeness (QED) is 0.529. The van der Waals surface area contributed by atoms with Crippen molar-refractivity contribution >= 4 is 28.3 Å². The maximum absolute atomic E-state index is 13.3. The summed E-state index contributed by atoms with van der Waals surface area (Å²) >= 11 is 0. The first-order valence-corrected chi connectivity index (χ1v) is 8.80. The predicted molar refractivity (Wildman–Crippen MR) is 103 cm³/mol. The topological polar surface area (TPSA) is 133 Å². The van der Waals surface area contributed by atoms with Crippen molar-refractivity contribution in [2.75, 3.05) is 14.2 Å². The van der Waals surface area contributed by atoms with Crippen LogP contribution in [0.15, 0.2) is 24.3 Å². The minimum atomic E-state index is -1.29. The highest BCUT2D eigenvalue weighted by molar-refractivity contribution is 6.32. The van der Waals surface area contributed by atoms with E-state index in [-0.39, 0.29) is 50.1 Å². The summed E-state index contributed by atoms with van der Waals surface area (Å²) in [6.07, 6.45) is 0. The minimum Gasteiger partial charge on any atom is -0.872 e. The van der Waals surface area contributed by atoms with Crippen molar-refractivity contribution in [1.82, 2.24) is 0 Å². The van der Waals surface area contributed by atoms with Crippen molar-refractivity contribution in [1.29, 1.82) is 0 Å². The number of fused-ring (bicyclic) bond motifs is 3. The first-order valence-electron chi connectivity index (χ1n) is 8.80. The molecule has 1 aliphatic rings. The highest BCUT2D eigenvalue weighted by atomic mass is 16.5. The molecule has 2 N–H and O–H groups in total. The van der Waals surface area contributed by atoms with E-state index >= 15 is 0 Å². The molecule has 0 bridgehead atoms. The molecular formula is C22H15O8-. The Kier molecular flexibility index (Phi) is 4.16. The van der Waals surface area contributed by atoms with Gasteiger partial charge in [0.1, 0.15) is 22.8 Å². The van der Waals surface area contributed by atoms with Gasteiger partial charge in [0, 0.05) is 22.8 Å². The summed E-state index contributed by atoms with van der Waals surface area (Å²) < 4.78 is 10.2. The summed E-state index contributed by atoms with van der Waals surface area (Å²) in [4.78, 5) is 37.9. The molecule has 0 spiro atoms. The molecule has 8 nitrogen and oxygen atoms in total. The van der Waals surface area contributed by atoms with Crippen LogP contribution in [0.1, 0.15) is 47.8 Å². The number of hydrogen-bond acceptors (Lipinski definition) is 7. The number of benzene rings is 3. The van der Waals surface area contributed by atoms with Gasteiger partial charge in [-0.15, -0.1) is 0 Å². The molecule has 0 amide bonds. The zero-order valence-corrected chi connectivity index (χ0v) is 16.2. The second-order valence-corrected chi connectivity index (χ2v) is 6.84. The highest BCUT2D eigenvalue weighted by Crippen LogP contribution is 2.43. The number of aryl methyl sites for hydroxylation is 1. The number of carbonyl (C=O) groups excluding carboxylic acids is 2. The Morgan fingerprint density at radius 2 is 1.63 bits per heavy atom. The summed E-state index contributed by atoms with van der Waals surface area (Å²) in [5.41, 5.74) is -0.963. The number of methoxy groups -OCH3 is 2. The monoisotopic (exact) mass is 407 g/mol. The van der Waals surface area contributed by atoms with E-state index < -0.39 is 34.6 Å². The van der Waals surface area contributed by atoms with Crippen molar-refractivity contribution in [3.8, 4) is 23.0 Å². The Hall–Kier alpha value is -4.07. The van der Waals surface area contributed by atoms with Crippen LogP contribution in [0.3, 0.4) is 0 Å². The van der Waals surface area contributed by atoms with Gasteiger partial charge in [0.15, 0.2) is 11.6 Å². The number of carboxylic acid groups (broad SMARTS) is 1. The smallest absolute Gasteiger partial charge is 0.339 e. The number of carbonyl (C=O) groups is 3. The predicted octanol–water partition coefficient (Wildman–Crippen LogP) is 2.42. The van der Waals surface area contributed by atoms with Crippen LogP contribution in [0.25, 0.3) is 10.8 Å². The number of aromatic carboxylic acids is 1. The van der Waals surface area contributed by atoms with Crippen LogP contribution in [-0.2, 0) is 0 Å². The Labute approximate surface area is 169 Å². The minimum absolute atomic E-state index is 0.00421. The highest BCUT2D eigenvalue weighted by Gasteiger charge is 2.34. The molecule has 4 rings (SSSR count). The van der Waals surface area contributed by atoms with E-state index in [2.05, 4.69) is 0 Å². The summed E-state index contributed by atoms with van der Waals surface area (Å²) in [7, 11) is 2.64. The second-order valence-electron chi connectivity index (χ2n) is 6.84. The average molecular weight is 407 g/mol. The number of carboxylic acids is 1. The van der Waals surface area contributed by atoms with E-state index in [1.54, 1.807) is 0 Å². The van der Waals surface area contributed by atoms with E-state index in [1.165, 1.54) is 45.4 Å². The van der Waals surface area contributed by atoms with Crippen LogP contribution in [0, 0.1) is 6.92 Å². The third kappa shape index (κ3) is 2.43. The maximum atomic E-state index is 13.3. The molecule has 0 heterocycles. The molecule has 30 heavy (non-hydrogen) atoms. The lowest BCUT2D eigenvalue weighted by molar-refractivity contribution is -0.266. The number of rotatable bonds is 3. The molecule has 152 valence electrons. The van der Waals surface area contributed by atoms with Crippen LogP contribution < -0.4 is 14.6 Å². The SMILES string of the molecule is COc1cc(O)c2c(c1)C(=O)c1cc3cc(OC)c(C(=O)O)c(C)c3c([O-])c1C2=O. The number of aromatic hydroxyl groups is 1. The molecule has 0 saturated carbocycles. The van der Waals surface area contributed by atoms with Gasteiger partial charge in [-0.2, -0.15) is 0 Å². The fourth-order valence-electron chi connectivity index (χ4n) is 3.94. The van der Waals surface area contributed by atoms with Gasteiger partial charge >= 0.3 is 5.97 Å². The molecule has 8 heteroatoms. The lowest BCUT2D eigenvalue weighted by atomic mass is 9.80. The van der Waals surface area contributed by atoms with Gasteiger partial charge < -0.3 is 24.8 Å². The molecule has 0 atom stereocenters. The lowest BCUT2D eigenvalue weighted by Gasteiger charge is -2.26. The van der Waals surface area contributed by atoms with Crippen molar-refractivity contribution in [3.05, 3.63) is 57.6 Å². The van der Waals surface area contributed by atoms with Gasteiger partial charge in [-0.3, -0.25) is 9.59 Å². The Morgan fingerprint density at radius 3 is 2.23 bits per heavy atom. The normalized spacial score (nSPS) is 12.5. The van der Waals surface area contributed by atoms with Gasteiger partial charge in [0.2, 0.25) is 0 Å². The molecule has 0 radical (unpaired) electrons. The zero-order valence-electron chi connectivity index (χ0n) is 16.2. The molecule has 0 aliphatic heterocycles. The molecule has 0 fully saturated rings. The first-order chi connectivity index (χ1) is 14.2. The number of ketones is 2. The number of phenolic OH excluding ortho intramolecular Hbond substituents is 1. The number of phenols is 1. The van der Waals surface area contributed by atoms with Gasteiger partial charge in [-0.1, -0.05) is 5.75 Å². The van der Waals surface area contributed by atoms with E-state index in [0.717, 1.165) is 0 Å². The molecule has 0 aromatic heterocycles. The summed E-state index contributed by atoms with van der Waals surface area (Å²) in [6, 6.07) is 5.22. The zero-order chi connectivity index (χ0) is 21.9. The molecule has 3 aromatic carbocycles. The van der Waals surface area contributed by atoms with Crippen LogP contribution in [0.5, 0.6) is 23.0 Å². The Bertz CT molecular complexity index is 1300. The summed E-state index contributed by atoms with van der Waals surface area (Å²) in [6.45, 7) is 1.44. The standard InChI is InChI=1S/C22H16O8/c1-8-15-9(5-14(30-3)16(8)22(27)28)4-11-18(20(15)25)21(26)17-12(19(11)24)6-10(29-2)7-13(17)23/h4-7,23,25H,1-3H3,(H,27,28)/p-1. The fourth-order valence-corrected chi connectivity index (χ4v) is 3.94. The Morgan fingerprint density at radius 1 is 0.967 bits per heavy atom. The van der Waals surface area contributed by atoms with Crippen molar-refractivity contribution in [2.24, 2.45) is 0 Å². The number of ether oxygens (including phenoxy) is 2. The van der Waals surface area contributed by atoms with E-state index in [0.29, 0.717) is 0 Å². The number of hydrogen-bond donors (Lipinski definition) is 2. The molecular weight excluding hydrogens is 392 g/mol. The third-order valence-corrected chi connectivity index (χ3v) is 5.30. The Balaban J connectivity index is 2.11. The summed E-state index contributed by atoms with van der Waals surface area (Å²) in [5, 5.41) is 33.3. The van der Waals surface area contributed by atoms with Gasteiger partial charge in [0.25, 0.3) is 0 Å². The van der Waals surface area contributed by atoms with Crippen molar-refractivity contribution < 1.29 is 39.2 Å². The van der Waals surface area contributed by atoms with Gasteiger partial charge in [-0.25, -0.2) is 4.79 Å². The van der Waals surface area contributed by atoms with E-state index in [4.69, 9.17) is 9.47 Å². The van der Waals surface area contributed by atoms with Gasteiger partial charge in [0.05, 0.1) is 19.8 Å². The van der Waals surface area contributed by atoms with Crippen molar-refractivity contribution in [3.63, 3.8) is 0 Å². The first kappa shape index (κ1) is 19.3. The fraction of sp³-hybridized carbons (Fsp3) is 0.136. The van der Waals surface area contributed by atoms with E-state index in [1.807, 2.05) is 0 Å². The molecule has 1 aliphatic carbocycles. The van der Waals surface area contributed by atoms with E-state index in [9.17, 15) is 29.7 Å². The molecule has 0 saturated heterocycles. The van der Waals surface area contributed by atoms with Crippen LogP contribution in [0.4, 0.5) is 0 Å². The largest absolute Gasteiger partial charge is 0.872 e. The summed E-state index contributed by atoms with van der Waals surface area (Å²) in [5.74, 6) is -3.76. The maximum Gasteiger partial charge on any atom is 0.339 e. The van der Waals surface area contributed by atoms with Crippen molar-refractivity contribution in [2.45, 2.75) is 6.92 Å².